The third-order valence-electron chi connectivity index (χ3n) is 1.98. The molecule has 0 saturated carbocycles. The van der Waals surface area contributed by atoms with Crippen LogP contribution in [0.1, 0.15) is 16.1 Å². The minimum atomic E-state index is -1.00. The molecule has 0 amide bonds. The van der Waals surface area contributed by atoms with Crippen LogP contribution in [0.5, 0.6) is 0 Å². The van der Waals surface area contributed by atoms with Crippen LogP contribution in [-0.4, -0.2) is 16.1 Å². The number of rotatable bonds is 1. The molecule has 0 saturated heterocycles. The Kier molecular flexibility index (Phi) is 1.72. The Morgan fingerprint density at radius 1 is 1.43 bits per heavy atom. The molecule has 0 radical (unpaired) electrons. The van der Waals surface area contributed by atoms with E-state index in [1.54, 1.807) is 18.2 Å². The third-order valence-corrected chi connectivity index (χ3v) is 1.98. The topological polar surface area (TPSA) is 76.9 Å². The Morgan fingerprint density at radius 3 is 2.86 bits per heavy atom. The van der Waals surface area contributed by atoms with Crippen LogP contribution in [0.2, 0.25) is 0 Å². The van der Waals surface area contributed by atoms with Gasteiger partial charge in [-0.1, -0.05) is 0 Å². The average molecular weight is 186 g/mol. The summed E-state index contributed by atoms with van der Waals surface area (Å²) < 4.78 is 0. The smallest absolute Gasteiger partial charge is 0.352 e. The van der Waals surface area contributed by atoms with Crippen molar-refractivity contribution in [3.05, 3.63) is 35.5 Å². The van der Waals surface area contributed by atoms with Crippen molar-refractivity contribution in [2.45, 2.75) is 0 Å². The lowest BCUT2D eigenvalue weighted by molar-refractivity contribution is 0.0691. The first kappa shape index (κ1) is 8.32. The number of nitrogens with zero attached hydrogens (tertiary/aromatic N) is 1. The first-order chi connectivity index (χ1) is 6.70. The highest BCUT2D eigenvalue weighted by molar-refractivity contribution is 5.94. The Balaban J connectivity index is 2.67. The van der Waals surface area contributed by atoms with Crippen LogP contribution in [0.25, 0.3) is 10.9 Å². The van der Waals surface area contributed by atoms with Crippen LogP contribution >= 0.6 is 0 Å². The van der Waals surface area contributed by atoms with Crippen molar-refractivity contribution >= 4 is 16.9 Å². The quantitative estimate of drug-likeness (QED) is 0.712. The number of fused-ring (bicyclic) bond motifs is 1. The number of aromatic amines is 1. The fraction of sp³-hybridized carbons (Fsp3) is 0. The standard InChI is InChI=1S/C10H6N2O2/c11-5-6-1-2-8-7(3-6)4-9(12-8)10(13)14/h1-4,12H,(H,13,14). The maximum atomic E-state index is 10.6. The molecule has 0 atom stereocenters. The summed E-state index contributed by atoms with van der Waals surface area (Å²) >= 11 is 0. The van der Waals surface area contributed by atoms with Crippen LogP contribution in [-0.2, 0) is 0 Å². The van der Waals surface area contributed by atoms with Crippen molar-refractivity contribution in [2.75, 3.05) is 0 Å². The molecule has 0 spiro atoms. The predicted octanol–water partition coefficient (Wildman–Crippen LogP) is 1.74. The third kappa shape index (κ3) is 1.21. The summed E-state index contributed by atoms with van der Waals surface area (Å²) in [4.78, 5) is 13.4. The Morgan fingerprint density at radius 2 is 2.21 bits per heavy atom. The number of aromatic nitrogens is 1. The molecule has 0 bridgehead atoms. The zero-order chi connectivity index (χ0) is 10.1. The van der Waals surface area contributed by atoms with Gasteiger partial charge in [0, 0.05) is 10.9 Å². The number of carbonyl (C=O) groups is 1. The lowest BCUT2D eigenvalue weighted by atomic mass is 10.2. The summed E-state index contributed by atoms with van der Waals surface area (Å²) in [7, 11) is 0. The van der Waals surface area contributed by atoms with Gasteiger partial charge in [0.1, 0.15) is 5.69 Å². The van der Waals surface area contributed by atoms with Gasteiger partial charge in [-0.15, -0.1) is 0 Å². The van der Waals surface area contributed by atoms with E-state index >= 15 is 0 Å². The van der Waals surface area contributed by atoms with Crippen molar-refractivity contribution in [3.63, 3.8) is 0 Å². The van der Waals surface area contributed by atoms with Gasteiger partial charge in [-0.05, 0) is 24.3 Å². The number of carboxylic acids is 1. The second-order valence-electron chi connectivity index (χ2n) is 2.90. The fourth-order valence-corrected chi connectivity index (χ4v) is 1.32. The van der Waals surface area contributed by atoms with Gasteiger partial charge >= 0.3 is 5.97 Å². The zero-order valence-corrected chi connectivity index (χ0v) is 7.11. The van der Waals surface area contributed by atoms with Crippen LogP contribution in [0, 0.1) is 11.3 Å². The molecule has 0 fully saturated rings. The molecular formula is C10H6N2O2. The summed E-state index contributed by atoms with van der Waals surface area (Å²) in [5.41, 5.74) is 1.38. The minimum Gasteiger partial charge on any atom is -0.477 e. The fourth-order valence-electron chi connectivity index (χ4n) is 1.32. The highest BCUT2D eigenvalue weighted by Crippen LogP contribution is 2.16. The highest BCUT2D eigenvalue weighted by atomic mass is 16.4. The summed E-state index contributed by atoms with van der Waals surface area (Å²) in [5, 5.41) is 18.1. The Hall–Kier alpha value is -2.28. The lowest BCUT2D eigenvalue weighted by Crippen LogP contribution is -1.94. The first-order valence-electron chi connectivity index (χ1n) is 3.97. The molecule has 0 unspecified atom stereocenters. The van der Waals surface area contributed by atoms with Gasteiger partial charge < -0.3 is 10.1 Å². The SMILES string of the molecule is N#Cc1ccc2[nH]c(C(=O)O)cc2c1. The van der Waals surface area contributed by atoms with Gasteiger partial charge in [-0.25, -0.2) is 4.79 Å². The molecule has 2 N–H and O–H groups in total. The van der Waals surface area contributed by atoms with Gasteiger partial charge in [-0.2, -0.15) is 5.26 Å². The van der Waals surface area contributed by atoms with Crippen LogP contribution in [0.4, 0.5) is 0 Å². The van der Waals surface area contributed by atoms with E-state index in [4.69, 9.17) is 10.4 Å². The molecule has 1 aromatic carbocycles. The van der Waals surface area contributed by atoms with E-state index in [9.17, 15) is 4.79 Å². The summed E-state index contributed by atoms with van der Waals surface area (Å²) in [6, 6.07) is 8.50. The van der Waals surface area contributed by atoms with Gasteiger partial charge in [0.15, 0.2) is 0 Å². The van der Waals surface area contributed by atoms with Gasteiger partial charge in [0.05, 0.1) is 11.6 Å². The number of hydrogen-bond donors (Lipinski definition) is 2. The van der Waals surface area contributed by atoms with Gasteiger partial charge in [-0.3, -0.25) is 0 Å². The van der Waals surface area contributed by atoms with Crippen molar-refractivity contribution in [3.8, 4) is 6.07 Å². The number of carboxylic acid groups (broad SMARTS) is 1. The summed E-state index contributed by atoms with van der Waals surface area (Å²) in [6.45, 7) is 0. The predicted molar refractivity (Wildman–Crippen MR) is 50.0 cm³/mol. The summed E-state index contributed by atoms with van der Waals surface area (Å²) in [6.07, 6.45) is 0. The van der Waals surface area contributed by atoms with Crippen molar-refractivity contribution in [1.82, 2.24) is 4.98 Å². The molecule has 0 aliphatic rings. The number of hydrogen-bond acceptors (Lipinski definition) is 2. The monoisotopic (exact) mass is 186 g/mol. The maximum absolute atomic E-state index is 10.6. The molecule has 0 aliphatic carbocycles. The Bertz CT molecular complexity index is 549. The van der Waals surface area contributed by atoms with E-state index in [0.717, 1.165) is 10.9 Å². The molecule has 2 aromatic rings. The molecule has 4 nitrogen and oxygen atoms in total. The van der Waals surface area contributed by atoms with Crippen molar-refractivity contribution in [1.29, 1.82) is 5.26 Å². The van der Waals surface area contributed by atoms with E-state index < -0.39 is 5.97 Å². The molecule has 0 aliphatic heterocycles. The van der Waals surface area contributed by atoms with E-state index in [1.807, 2.05) is 6.07 Å². The molecule has 1 aromatic heterocycles. The van der Waals surface area contributed by atoms with Crippen LogP contribution in [0.15, 0.2) is 24.3 Å². The van der Waals surface area contributed by atoms with Gasteiger partial charge in [0.25, 0.3) is 0 Å². The molecule has 14 heavy (non-hydrogen) atoms. The molecule has 2 rings (SSSR count). The zero-order valence-electron chi connectivity index (χ0n) is 7.11. The van der Waals surface area contributed by atoms with E-state index in [-0.39, 0.29) is 5.69 Å². The second kappa shape index (κ2) is 2.89. The highest BCUT2D eigenvalue weighted by Gasteiger charge is 2.06. The number of nitrogens with one attached hydrogen (secondary N) is 1. The van der Waals surface area contributed by atoms with Crippen LogP contribution in [0.3, 0.4) is 0 Å². The first-order valence-corrected chi connectivity index (χ1v) is 3.97. The Labute approximate surface area is 79.4 Å². The van der Waals surface area contributed by atoms with E-state index in [0.29, 0.717) is 5.56 Å². The summed E-state index contributed by atoms with van der Waals surface area (Å²) in [5.74, 6) is -1.00. The molecule has 4 heteroatoms. The van der Waals surface area contributed by atoms with E-state index in [2.05, 4.69) is 4.98 Å². The van der Waals surface area contributed by atoms with Gasteiger partial charge in [0.2, 0.25) is 0 Å². The van der Waals surface area contributed by atoms with E-state index in [1.165, 1.54) is 6.07 Å². The van der Waals surface area contributed by atoms with Crippen LogP contribution < -0.4 is 0 Å². The van der Waals surface area contributed by atoms with Crippen molar-refractivity contribution < 1.29 is 9.90 Å². The molecule has 1 heterocycles. The number of benzene rings is 1. The largest absolute Gasteiger partial charge is 0.477 e. The number of aromatic carboxylic acids is 1. The maximum Gasteiger partial charge on any atom is 0.352 e. The number of H-pyrrole nitrogens is 1. The lowest BCUT2D eigenvalue weighted by Gasteiger charge is -1.88. The molecular weight excluding hydrogens is 180 g/mol. The molecule has 68 valence electrons. The minimum absolute atomic E-state index is 0.134. The number of nitriles is 1. The normalized spacial score (nSPS) is 9.93. The van der Waals surface area contributed by atoms with Crippen molar-refractivity contribution in [2.24, 2.45) is 0 Å². The second-order valence-corrected chi connectivity index (χ2v) is 2.90. The average Bonchev–Trinajstić information content (AvgIpc) is 2.59.